The summed E-state index contributed by atoms with van der Waals surface area (Å²) in [6.07, 6.45) is 5.10. The summed E-state index contributed by atoms with van der Waals surface area (Å²) >= 11 is 6.12. The molecular formula is C19H22Cl2FNO. The van der Waals surface area contributed by atoms with E-state index in [1.807, 2.05) is 18.2 Å². The highest BCUT2D eigenvalue weighted by atomic mass is 35.5. The minimum atomic E-state index is -0.235. The van der Waals surface area contributed by atoms with Crippen molar-refractivity contribution in [1.82, 2.24) is 5.32 Å². The van der Waals surface area contributed by atoms with Crippen LogP contribution in [0.3, 0.4) is 0 Å². The first kappa shape index (κ1) is 19.0. The van der Waals surface area contributed by atoms with Gasteiger partial charge < -0.3 is 10.1 Å². The second-order valence-corrected chi connectivity index (χ2v) is 6.47. The fourth-order valence-electron chi connectivity index (χ4n) is 2.95. The summed E-state index contributed by atoms with van der Waals surface area (Å²) < 4.78 is 18.9. The van der Waals surface area contributed by atoms with Gasteiger partial charge in [-0.2, -0.15) is 0 Å². The van der Waals surface area contributed by atoms with Crippen LogP contribution < -0.4 is 10.1 Å². The minimum absolute atomic E-state index is 0. The predicted octanol–water partition coefficient (Wildman–Crippen LogP) is 5.51. The van der Waals surface area contributed by atoms with Crippen LogP contribution in [0.4, 0.5) is 4.39 Å². The van der Waals surface area contributed by atoms with Crippen LogP contribution in [0, 0.1) is 5.82 Å². The van der Waals surface area contributed by atoms with Crippen LogP contribution >= 0.6 is 24.0 Å². The topological polar surface area (TPSA) is 21.3 Å². The Bertz CT molecular complexity index is 642. The lowest BCUT2D eigenvalue weighted by Gasteiger charge is -2.16. The number of nitrogens with one attached hydrogen (secondary N) is 1. The van der Waals surface area contributed by atoms with E-state index in [-0.39, 0.29) is 18.2 Å². The van der Waals surface area contributed by atoms with Crippen LogP contribution in [0.25, 0.3) is 0 Å². The Morgan fingerprint density at radius 3 is 2.50 bits per heavy atom. The van der Waals surface area contributed by atoms with Gasteiger partial charge in [0.2, 0.25) is 0 Å². The van der Waals surface area contributed by atoms with Gasteiger partial charge in [-0.25, -0.2) is 4.39 Å². The molecule has 2 aromatic carbocycles. The lowest BCUT2D eigenvalue weighted by molar-refractivity contribution is 0.301. The van der Waals surface area contributed by atoms with Gasteiger partial charge in [-0.3, -0.25) is 0 Å². The second-order valence-electron chi connectivity index (χ2n) is 6.03. The summed E-state index contributed by atoms with van der Waals surface area (Å²) in [7, 11) is 0. The van der Waals surface area contributed by atoms with Crippen molar-refractivity contribution >= 4 is 24.0 Å². The molecule has 1 fully saturated rings. The van der Waals surface area contributed by atoms with E-state index in [2.05, 4.69) is 5.32 Å². The maximum atomic E-state index is 12.9. The van der Waals surface area contributed by atoms with Gasteiger partial charge in [0, 0.05) is 23.2 Å². The molecule has 3 rings (SSSR count). The molecule has 0 spiro atoms. The Morgan fingerprint density at radius 1 is 1.08 bits per heavy atom. The van der Waals surface area contributed by atoms with Crippen LogP contribution in [-0.2, 0) is 13.2 Å². The van der Waals surface area contributed by atoms with E-state index in [9.17, 15) is 4.39 Å². The van der Waals surface area contributed by atoms with Crippen molar-refractivity contribution in [1.29, 1.82) is 0 Å². The first-order valence-electron chi connectivity index (χ1n) is 8.10. The number of hydrogen-bond acceptors (Lipinski definition) is 2. The Balaban J connectivity index is 0.00000208. The molecule has 2 aromatic rings. The number of halogens is 3. The average molecular weight is 370 g/mol. The summed E-state index contributed by atoms with van der Waals surface area (Å²) in [5.74, 6) is 0.589. The van der Waals surface area contributed by atoms with E-state index in [0.717, 1.165) is 23.4 Å². The van der Waals surface area contributed by atoms with Crippen LogP contribution in [0.5, 0.6) is 5.75 Å². The van der Waals surface area contributed by atoms with Crippen molar-refractivity contribution in [3.05, 3.63) is 64.4 Å². The first-order valence-corrected chi connectivity index (χ1v) is 8.47. The van der Waals surface area contributed by atoms with E-state index in [4.69, 9.17) is 16.3 Å². The third-order valence-corrected chi connectivity index (χ3v) is 4.50. The normalized spacial score (nSPS) is 14.4. The lowest BCUT2D eigenvalue weighted by atomic mass is 10.1. The van der Waals surface area contributed by atoms with Crippen molar-refractivity contribution in [3.63, 3.8) is 0 Å². The SMILES string of the molecule is Cl.Fc1ccc(COc2ccc(Cl)cc2CNC2CCCC2)cc1. The average Bonchev–Trinajstić information content (AvgIpc) is 3.07. The first-order chi connectivity index (χ1) is 11.2. The summed E-state index contributed by atoms with van der Waals surface area (Å²) in [5, 5.41) is 4.29. The quantitative estimate of drug-likeness (QED) is 0.724. The fraction of sp³-hybridized carbons (Fsp3) is 0.368. The largest absolute Gasteiger partial charge is 0.489 e. The molecule has 1 N–H and O–H groups in total. The molecule has 130 valence electrons. The molecule has 0 aromatic heterocycles. The van der Waals surface area contributed by atoms with Crippen molar-refractivity contribution in [3.8, 4) is 5.75 Å². The third kappa shape index (κ3) is 5.37. The summed E-state index contributed by atoms with van der Waals surface area (Å²) in [6, 6.07) is 12.6. The molecule has 0 unspecified atom stereocenters. The van der Waals surface area contributed by atoms with E-state index >= 15 is 0 Å². The molecule has 0 aliphatic heterocycles. The predicted molar refractivity (Wildman–Crippen MR) is 98.5 cm³/mol. The summed E-state index contributed by atoms with van der Waals surface area (Å²) in [6.45, 7) is 1.17. The van der Waals surface area contributed by atoms with Crippen molar-refractivity contribution in [2.24, 2.45) is 0 Å². The monoisotopic (exact) mass is 369 g/mol. The third-order valence-electron chi connectivity index (χ3n) is 4.27. The molecule has 0 heterocycles. The number of rotatable bonds is 6. The van der Waals surface area contributed by atoms with Gasteiger partial charge in [-0.05, 0) is 48.7 Å². The zero-order valence-electron chi connectivity index (χ0n) is 13.4. The Labute approximate surface area is 153 Å². The zero-order valence-corrected chi connectivity index (χ0v) is 15.0. The van der Waals surface area contributed by atoms with E-state index < -0.39 is 0 Å². The van der Waals surface area contributed by atoms with E-state index in [0.29, 0.717) is 17.7 Å². The molecule has 1 aliphatic rings. The van der Waals surface area contributed by atoms with Gasteiger partial charge >= 0.3 is 0 Å². The summed E-state index contributed by atoms with van der Waals surface area (Å²) in [4.78, 5) is 0. The highest BCUT2D eigenvalue weighted by molar-refractivity contribution is 6.30. The number of hydrogen-bond donors (Lipinski definition) is 1. The number of benzene rings is 2. The molecule has 1 saturated carbocycles. The molecule has 0 saturated heterocycles. The zero-order chi connectivity index (χ0) is 16.1. The highest BCUT2D eigenvalue weighted by Gasteiger charge is 2.15. The van der Waals surface area contributed by atoms with Gasteiger partial charge in [0.05, 0.1) is 0 Å². The molecule has 1 aliphatic carbocycles. The molecule has 2 nitrogen and oxygen atoms in total. The van der Waals surface area contributed by atoms with Gasteiger partial charge in [-0.15, -0.1) is 12.4 Å². The minimum Gasteiger partial charge on any atom is -0.489 e. The van der Waals surface area contributed by atoms with Crippen LogP contribution in [0.2, 0.25) is 5.02 Å². The van der Waals surface area contributed by atoms with Crippen LogP contribution in [0.1, 0.15) is 36.8 Å². The molecule has 0 bridgehead atoms. The highest BCUT2D eigenvalue weighted by Crippen LogP contribution is 2.25. The Kier molecular flexibility index (Phi) is 7.35. The van der Waals surface area contributed by atoms with Crippen molar-refractivity contribution < 1.29 is 9.13 Å². The Hall–Kier alpha value is -1.29. The van der Waals surface area contributed by atoms with Crippen molar-refractivity contribution in [2.45, 2.75) is 44.9 Å². The number of ether oxygens (including phenoxy) is 1. The van der Waals surface area contributed by atoms with Gasteiger partial charge in [0.1, 0.15) is 18.2 Å². The van der Waals surface area contributed by atoms with Gasteiger partial charge in [0.15, 0.2) is 0 Å². The van der Waals surface area contributed by atoms with Crippen molar-refractivity contribution in [2.75, 3.05) is 0 Å². The molecule has 0 amide bonds. The van der Waals surface area contributed by atoms with Crippen LogP contribution in [-0.4, -0.2) is 6.04 Å². The van der Waals surface area contributed by atoms with E-state index in [1.54, 1.807) is 12.1 Å². The Morgan fingerprint density at radius 2 is 1.79 bits per heavy atom. The lowest BCUT2D eigenvalue weighted by Crippen LogP contribution is -2.25. The summed E-state index contributed by atoms with van der Waals surface area (Å²) in [5.41, 5.74) is 2.00. The molecular weight excluding hydrogens is 348 g/mol. The smallest absolute Gasteiger partial charge is 0.124 e. The second kappa shape index (κ2) is 9.26. The maximum absolute atomic E-state index is 12.9. The maximum Gasteiger partial charge on any atom is 0.124 e. The van der Waals surface area contributed by atoms with Gasteiger partial charge in [0.25, 0.3) is 0 Å². The fourth-order valence-corrected chi connectivity index (χ4v) is 3.15. The van der Waals surface area contributed by atoms with Gasteiger partial charge in [-0.1, -0.05) is 36.6 Å². The van der Waals surface area contributed by atoms with Crippen LogP contribution in [0.15, 0.2) is 42.5 Å². The van der Waals surface area contributed by atoms with E-state index in [1.165, 1.54) is 37.8 Å². The molecule has 0 radical (unpaired) electrons. The molecule has 0 atom stereocenters. The standard InChI is InChI=1S/C19H21ClFNO.ClH/c20-16-7-10-19(23-13-14-5-8-17(21)9-6-14)15(11-16)12-22-18-3-1-2-4-18;/h5-11,18,22H,1-4,12-13H2;1H. The molecule has 24 heavy (non-hydrogen) atoms. The molecule has 5 heteroatoms.